The summed E-state index contributed by atoms with van der Waals surface area (Å²) >= 11 is 1.68. The van der Waals surface area contributed by atoms with Crippen LogP contribution in [0.2, 0.25) is 0 Å². The van der Waals surface area contributed by atoms with Gasteiger partial charge in [0.1, 0.15) is 0 Å². The van der Waals surface area contributed by atoms with E-state index in [2.05, 4.69) is 10.3 Å². The topological polar surface area (TPSA) is 43.4 Å². The Bertz CT molecular complexity index is 278. The van der Waals surface area contributed by atoms with Crippen LogP contribution >= 0.6 is 11.3 Å². The van der Waals surface area contributed by atoms with Crippen molar-refractivity contribution in [3.63, 3.8) is 0 Å². The molecule has 1 rings (SSSR count). The minimum absolute atomic E-state index is 0.114. The Labute approximate surface area is 94.6 Å². The predicted octanol–water partition coefficient (Wildman–Crippen LogP) is 1.20. The lowest BCUT2D eigenvalue weighted by atomic mass is 10.3. The molecule has 0 aromatic carbocycles. The van der Waals surface area contributed by atoms with Gasteiger partial charge in [0.2, 0.25) is 0 Å². The molecule has 5 heteroatoms. The lowest BCUT2D eigenvalue weighted by Crippen LogP contribution is -2.31. The fraction of sp³-hybridized carbons (Fsp3) is 0.700. The molecular formula is C10H18N2O2S. The Balaban J connectivity index is 2.23. The summed E-state index contributed by atoms with van der Waals surface area (Å²) in [6.45, 7) is 4.28. The Morgan fingerprint density at radius 2 is 2.33 bits per heavy atom. The van der Waals surface area contributed by atoms with Crippen molar-refractivity contribution in [2.45, 2.75) is 19.6 Å². The highest BCUT2D eigenvalue weighted by Crippen LogP contribution is 2.11. The lowest BCUT2D eigenvalue weighted by Gasteiger charge is -2.14. The Kier molecular flexibility index (Phi) is 5.78. The SMILES string of the molecule is COCC(CNCc1scnc1C)OC. The van der Waals surface area contributed by atoms with Crippen molar-refractivity contribution < 1.29 is 9.47 Å². The van der Waals surface area contributed by atoms with Gasteiger partial charge in [-0.1, -0.05) is 0 Å². The number of nitrogens with zero attached hydrogens (tertiary/aromatic N) is 1. The van der Waals surface area contributed by atoms with E-state index in [-0.39, 0.29) is 6.10 Å². The number of nitrogens with one attached hydrogen (secondary N) is 1. The molecule has 0 radical (unpaired) electrons. The van der Waals surface area contributed by atoms with Crippen LogP contribution in [0, 0.1) is 6.92 Å². The van der Waals surface area contributed by atoms with Crippen LogP contribution in [0.15, 0.2) is 5.51 Å². The molecular weight excluding hydrogens is 212 g/mol. The first-order chi connectivity index (χ1) is 7.27. The monoisotopic (exact) mass is 230 g/mol. The van der Waals surface area contributed by atoms with E-state index in [0.717, 1.165) is 18.8 Å². The third-order valence-corrected chi connectivity index (χ3v) is 3.12. The van der Waals surface area contributed by atoms with Gasteiger partial charge in [0.15, 0.2) is 0 Å². The van der Waals surface area contributed by atoms with Gasteiger partial charge in [-0.25, -0.2) is 4.98 Å². The zero-order valence-electron chi connectivity index (χ0n) is 9.45. The van der Waals surface area contributed by atoms with E-state index in [1.54, 1.807) is 25.6 Å². The second-order valence-electron chi connectivity index (χ2n) is 3.30. The number of hydrogen-bond donors (Lipinski definition) is 1. The summed E-state index contributed by atoms with van der Waals surface area (Å²) in [7, 11) is 3.38. The molecule has 1 N–H and O–H groups in total. The molecule has 0 saturated heterocycles. The van der Waals surface area contributed by atoms with E-state index in [0.29, 0.717) is 6.61 Å². The average molecular weight is 230 g/mol. The van der Waals surface area contributed by atoms with Gasteiger partial charge >= 0.3 is 0 Å². The molecule has 1 atom stereocenters. The first-order valence-electron chi connectivity index (χ1n) is 4.89. The smallest absolute Gasteiger partial charge is 0.0928 e. The van der Waals surface area contributed by atoms with Crippen molar-refractivity contribution in [2.75, 3.05) is 27.4 Å². The summed E-state index contributed by atoms with van der Waals surface area (Å²) in [6.07, 6.45) is 0.114. The largest absolute Gasteiger partial charge is 0.382 e. The molecule has 15 heavy (non-hydrogen) atoms. The molecule has 0 spiro atoms. The molecule has 1 heterocycles. The van der Waals surface area contributed by atoms with Crippen molar-refractivity contribution in [3.05, 3.63) is 16.1 Å². The number of aryl methyl sites for hydroxylation is 1. The molecule has 0 fully saturated rings. The quantitative estimate of drug-likeness (QED) is 0.764. The van der Waals surface area contributed by atoms with Crippen LogP contribution in [0.1, 0.15) is 10.6 Å². The first-order valence-corrected chi connectivity index (χ1v) is 5.77. The second-order valence-corrected chi connectivity index (χ2v) is 4.24. The summed E-state index contributed by atoms with van der Waals surface area (Å²) in [5.41, 5.74) is 2.98. The second kappa shape index (κ2) is 6.90. The van der Waals surface area contributed by atoms with Crippen molar-refractivity contribution in [2.24, 2.45) is 0 Å². The highest BCUT2D eigenvalue weighted by atomic mass is 32.1. The number of rotatable bonds is 7. The van der Waals surface area contributed by atoms with E-state index < -0.39 is 0 Å². The van der Waals surface area contributed by atoms with Gasteiger partial charge in [0.25, 0.3) is 0 Å². The zero-order valence-corrected chi connectivity index (χ0v) is 10.3. The van der Waals surface area contributed by atoms with Gasteiger partial charge in [0.05, 0.1) is 23.9 Å². The average Bonchev–Trinajstić information content (AvgIpc) is 2.63. The van der Waals surface area contributed by atoms with E-state index in [1.165, 1.54) is 4.88 Å². The molecule has 0 amide bonds. The van der Waals surface area contributed by atoms with Gasteiger partial charge in [-0.2, -0.15) is 0 Å². The maximum atomic E-state index is 5.24. The Morgan fingerprint density at radius 3 is 2.87 bits per heavy atom. The van der Waals surface area contributed by atoms with Crippen LogP contribution in [0.25, 0.3) is 0 Å². The summed E-state index contributed by atoms with van der Waals surface area (Å²) in [5.74, 6) is 0. The van der Waals surface area contributed by atoms with Crippen LogP contribution in [0.4, 0.5) is 0 Å². The van der Waals surface area contributed by atoms with Crippen molar-refractivity contribution in [1.82, 2.24) is 10.3 Å². The van der Waals surface area contributed by atoms with Crippen LogP contribution in [0.3, 0.4) is 0 Å². The van der Waals surface area contributed by atoms with Crippen molar-refractivity contribution >= 4 is 11.3 Å². The maximum Gasteiger partial charge on any atom is 0.0928 e. The lowest BCUT2D eigenvalue weighted by molar-refractivity contribution is 0.0288. The highest BCUT2D eigenvalue weighted by Gasteiger charge is 2.07. The molecule has 0 bridgehead atoms. The molecule has 4 nitrogen and oxygen atoms in total. The van der Waals surface area contributed by atoms with E-state index in [4.69, 9.17) is 9.47 Å². The van der Waals surface area contributed by atoms with Gasteiger partial charge in [-0.05, 0) is 6.92 Å². The maximum absolute atomic E-state index is 5.24. The zero-order chi connectivity index (χ0) is 11.1. The van der Waals surface area contributed by atoms with Crippen molar-refractivity contribution in [3.8, 4) is 0 Å². The fourth-order valence-corrected chi connectivity index (χ4v) is 1.99. The standard InChI is InChI=1S/C10H18N2O2S/c1-8-10(15-7-12-8)5-11-4-9(14-3)6-13-2/h7,9,11H,4-6H2,1-3H3. The molecule has 1 aromatic rings. The summed E-state index contributed by atoms with van der Waals surface area (Å²) in [6, 6.07) is 0. The number of aromatic nitrogens is 1. The predicted molar refractivity (Wildman–Crippen MR) is 61.2 cm³/mol. The molecule has 0 aliphatic carbocycles. The number of thiazole rings is 1. The molecule has 0 aliphatic heterocycles. The Hall–Kier alpha value is -0.490. The van der Waals surface area contributed by atoms with Gasteiger partial charge < -0.3 is 14.8 Å². The number of ether oxygens (including phenoxy) is 2. The molecule has 86 valence electrons. The number of methoxy groups -OCH3 is 2. The summed E-state index contributed by atoms with van der Waals surface area (Å²) in [5, 5.41) is 3.33. The highest BCUT2D eigenvalue weighted by molar-refractivity contribution is 7.09. The van der Waals surface area contributed by atoms with Crippen LogP contribution < -0.4 is 5.32 Å². The molecule has 1 unspecified atom stereocenters. The van der Waals surface area contributed by atoms with Crippen LogP contribution in [-0.2, 0) is 16.0 Å². The van der Waals surface area contributed by atoms with Crippen LogP contribution in [0.5, 0.6) is 0 Å². The first kappa shape index (κ1) is 12.6. The number of hydrogen-bond acceptors (Lipinski definition) is 5. The van der Waals surface area contributed by atoms with E-state index in [1.807, 2.05) is 12.4 Å². The Morgan fingerprint density at radius 1 is 1.53 bits per heavy atom. The van der Waals surface area contributed by atoms with Crippen LogP contribution in [-0.4, -0.2) is 38.5 Å². The normalized spacial score (nSPS) is 13.0. The van der Waals surface area contributed by atoms with Gasteiger partial charge in [0, 0.05) is 32.2 Å². The molecule has 0 saturated carbocycles. The third kappa shape index (κ3) is 4.25. The van der Waals surface area contributed by atoms with Gasteiger partial charge in [-0.15, -0.1) is 11.3 Å². The van der Waals surface area contributed by atoms with E-state index in [9.17, 15) is 0 Å². The third-order valence-electron chi connectivity index (χ3n) is 2.19. The summed E-state index contributed by atoms with van der Waals surface area (Å²) < 4.78 is 10.3. The minimum Gasteiger partial charge on any atom is -0.382 e. The fourth-order valence-electron chi connectivity index (χ4n) is 1.24. The molecule has 1 aromatic heterocycles. The van der Waals surface area contributed by atoms with E-state index >= 15 is 0 Å². The van der Waals surface area contributed by atoms with Gasteiger partial charge in [-0.3, -0.25) is 0 Å². The van der Waals surface area contributed by atoms with Crippen molar-refractivity contribution in [1.29, 1.82) is 0 Å². The molecule has 0 aliphatic rings. The summed E-state index contributed by atoms with van der Waals surface area (Å²) in [4.78, 5) is 5.47. The minimum atomic E-state index is 0.114.